The maximum Gasteiger partial charge on any atom is 0.254 e. The average Bonchev–Trinajstić information content (AvgIpc) is 2.41. The van der Waals surface area contributed by atoms with Gasteiger partial charge in [0.1, 0.15) is 0 Å². The third kappa shape index (κ3) is 2.66. The number of hydrogen-bond acceptors (Lipinski definition) is 2. The van der Waals surface area contributed by atoms with E-state index in [0.717, 1.165) is 31.4 Å². The predicted octanol–water partition coefficient (Wildman–Crippen LogP) is 2.59. The number of carbonyl (C=O) groups excluding carboxylic acids is 1. The summed E-state index contributed by atoms with van der Waals surface area (Å²) in [6, 6.07) is 7.98. The van der Waals surface area contributed by atoms with Crippen LogP contribution in [0, 0.1) is 0 Å². The smallest absolute Gasteiger partial charge is 0.254 e. The first-order valence-electron chi connectivity index (χ1n) is 7.13. The Balaban J connectivity index is 2.22. The molecule has 1 fully saturated rings. The number of benzene rings is 1. The highest BCUT2D eigenvalue weighted by Gasteiger charge is 2.39. The van der Waals surface area contributed by atoms with Gasteiger partial charge in [-0.1, -0.05) is 19.1 Å². The highest BCUT2D eigenvalue weighted by Crippen LogP contribution is 2.28. The number of piperidine rings is 1. The molecule has 0 saturated carbocycles. The maximum absolute atomic E-state index is 12.6. The second-order valence-corrected chi connectivity index (χ2v) is 5.91. The van der Waals surface area contributed by atoms with Crippen molar-refractivity contribution in [3.8, 4) is 0 Å². The summed E-state index contributed by atoms with van der Waals surface area (Å²) in [5.41, 5.74) is 7.92. The van der Waals surface area contributed by atoms with Crippen molar-refractivity contribution in [2.75, 3.05) is 6.54 Å². The van der Waals surface area contributed by atoms with E-state index in [-0.39, 0.29) is 17.5 Å². The molecule has 1 aromatic carbocycles. The van der Waals surface area contributed by atoms with E-state index in [1.807, 2.05) is 29.2 Å². The fourth-order valence-electron chi connectivity index (χ4n) is 2.71. The average molecular weight is 260 g/mol. The van der Waals surface area contributed by atoms with Crippen LogP contribution in [0.2, 0.25) is 0 Å². The molecule has 0 aliphatic carbocycles. The second kappa shape index (κ2) is 5.33. The molecule has 1 amide bonds. The minimum atomic E-state index is -0.265. The van der Waals surface area contributed by atoms with Gasteiger partial charge in [-0.3, -0.25) is 4.79 Å². The molecule has 1 unspecified atom stereocenters. The van der Waals surface area contributed by atoms with E-state index in [9.17, 15) is 4.79 Å². The van der Waals surface area contributed by atoms with E-state index in [1.54, 1.807) is 0 Å². The monoisotopic (exact) mass is 260 g/mol. The zero-order chi connectivity index (χ0) is 14.0. The fourth-order valence-corrected chi connectivity index (χ4v) is 2.71. The Kier molecular flexibility index (Phi) is 3.95. The molecule has 2 N–H and O–H groups in total. The van der Waals surface area contributed by atoms with Gasteiger partial charge in [0.15, 0.2) is 0 Å². The Hall–Kier alpha value is -1.35. The van der Waals surface area contributed by atoms with E-state index in [2.05, 4.69) is 20.8 Å². The van der Waals surface area contributed by atoms with Crippen LogP contribution in [0.15, 0.2) is 24.3 Å². The molecule has 19 heavy (non-hydrogen) atoms. The van der Waals surface area contributed by atoms with Crippen molar-refractivity contribution < 1.29 is 4.79 Å². The number of aryl methyl sites for hydroxylation is 1. The predicted molar refractivity (Wildman–Crippen MR) is 78.1 cm³/mol. The quantitative estimate of drug-likeness (QED) is 0.888. The Bertz CT molecular complexity index is 450. The highest BCUT2D eigenvalue weighted by molar-refractivity contribution is 5.94. The Morgan fingerprint density at radius 1 is 1.37 bits per heavy atom. The largest absolute Gasteiger partial charge is 0.332 e. The fraction of sp³-hybridized carbons (Fsp3) is 0.562. The molecule has 0 aromatic heterocycles. The van der Waals surface area contributed by atoms with E-state index in [0.29, 0.717) is 0 Å². The van der Waals surface area contributed by atoms with Gasteiger partial charge in [-0.25, -0.2) is 0 Å². The van der Waals surface area contributed by atoms with Crippen molar-refractivity contribution in [3.05, 3.63) is 35.4 Å². The van der Waals surface area contributed by atoms with Crippen LogP contribution in [0.4, 0.5) is 0 Å². The van der Waals surface area contributed by atoms with Crippen molar-refractivity contribution in [2.24, 2.45) is 5.73 Å². The van der Waals surface area contributed by atoms with Crippen LogP contribution in [0.5, 0.6) is 0 Å². The van der Waals surface area contributed by atoms with Gasteiger partial charge in [-0.2, -0.15) is 0 Å². The summed E-state index contributed by atoms with van der Waals surface area (Å²) in [5, 5.41) is 0. The van der Waals surface area contributed by atoms with Gasteiger partial charge in [0, 0.05) is 18.2 Å². The number of amides is 1. The summed E-state index contributed by atoms with van der Waals surface area (Å²) >= 11 is 0. The van der Waals surface area contributed by atoms with Crippen molar-refractivity contribution in [1.82, 2.24) is 4.90 Å². The van der Waals surface area contributed by atoms with Gasteiger partial charge < -0.3 is 10.6 Å². The third-order valence-electron chi connectivity index (χ3n) is 4.35. The molecule has 0 radical (unpaired) electrons. The van der Waals surface area contributed by atoms with Crippen molar-refractivity contribution in [3.63, 3.8) is 0 Å². The first kappa shape index (κ1) is 14.1. The van der Waals surface area contributed by atoms with Gasteiger partial charge in [-0.15, -0.1) is 0 Å². The summed E-state index contributed by atoms with van der Waals surface area (Å²) in [5.74, 6) is 0.0998. The topological polar surface area (TPSA) is 46.3 Å². The molecular weight excluding hydrogens is 236 g/mol. The van der Waals surface area contributed by atoms with Gasteiger partial charge in [0.2, 0.25) is 0 Å². The SMILES string of the molecule is CCc1ccc(C(=O)N2CCCC(N)C2(C)C)cc1. The van der Waals surface area contributed by atoms with Crippen LogP contribution >= 0.6 is 0 Å². The molecule has 1 heterocycles. The number of nitrogens with zero attached hydrogens (tertiary/aromatic N) is 1. The van der Waals surface area contributed by atoms with Crippen LogP contribution in [0.25, 0.3) is 0 Å². The minimum Gasteiger partial charge on any atom is -0.332 e. The minimum absolute atomic E-state index is 0.0557. The zero-order valence-electron chi connectivity index (χ0n) is 12.1. The molecule has 1 aromatic rings. The summed E-state index contributed by atoms with van der Waals surface area (Å²) in [6.45, 7) is 7.04. The van der Waals surface area contributed by atoms with Crippen LogP contribution in [-0.4, -0.2) is 28.9 Å². The highest BCUT2D eigenvalue weighted by atomic mass is 16.2. The molecule has 1 aliphatic heterocycles. The molecule has 0 spiro atoms. The van der Waals surface area contributed by atoms with E-state index in [4.69, 9.17) is 5.73 Å². The molecule has 1 atom stereocenters. The van der Waals surface area contributed by atoms with E-state index >= 15 is 0 Å². The molecular formula is C16H24N2O. The van der Waals surface area contributed by atoms with Crippen molar-refractivity contribution in [1.29, 1.82) is 0 Å². The second-order valence-electron chi connectivity index (χ2n) is 5.91. The number of likely N-dealkylation sites (tertiary alicyclic amines) is 1. The number of nitrogens with two attached hydrogens (primary N) is 1. The zero-order valence-corrected chi connectivity index (χ0v) is 12.1. The van der Waals surface area contributed by atoms with Crippen molar-refractivity contribution >= 4 is 5.91 Å². The van der Waals surface area contributed by atoms with Gasteiger partial charge in [0.05, 0.1) is 5.54 Å². The Morgan fingerprint density at radius 2 is 2.00 bits per heavy atom. The number of carbonyl (C=O) groups is 1. The Morgan fingerprint density at radius 3 is 2.58 bits per heavy atom. The van der Waals surface area contributed by atoms with Gasteiger partial charge in [-0.05, 0) is 50.8 Å². The van der Waals surface area contributed by atoms with Crippen LogP contribution < -0.4 is 5.73 Å². The lowest BCUT2D eigenvalue weighted by molar-refractivity contribution is 0.0362. The summed E-state index contributed by atoms with van der Waals surface area (Å²) in [6.07, 6.45) is 2.98. The number of rotatable bonds is 2. The lowest BCUT2D eigenvalue weighted by atomic mass is 9.85. The third-order valence-corrected chi connectivity index (χ3v) is 4.35. The first-order chi connectivity index (χ1) is 8.96. The summed E-state index contributed by atoms with van der Waals surface area (Å²) < 4.78 is 0. The molecule has 104 valence electrons. The molecule has 2 rings (SSSR count). The van der Waals surface area contributed by atoms with Crippen LogP contribution in [-0.2, 0) is 6.42 Å². The first-order valence-corrected chi connectivity index (χ1v) is 7.13. The standard InChI is InChI=1S/C16H24N2O/c1-4-12-7-9-13(10-8-12)15(19)18-11-5-6-14(17)16(18,2)3/h7-10,14H,4-6,11,17H2,1-3H3. The molecule has 0 bridgehead atoms. The maximum atomic E-state index is 12.6. The Labute approximate surface area is 115 Å². The summed E-state index contributed by atoms with van der Waals surface area (Å²) in [7, 11) is 0. The van der Waals surface area contributed by atoms with Crippen LogP contribution in [0.1, 0.15) is 49.5 Å². The molecule has 3 heteroatoms. The lowest BCUT2D eigenvalue weighted by Crippen LogP contribution is -2.61. The number of hydrogen-bond donors (Lipinski definition) is 1. The van der Waals surface area contributed by atoms with E-state index in [1.165, 1.54) is 5.56 Å². The van der Waals surface area contributed by atoms with E-state index < -0.39 is 0 Å². The van der Waals surface area contributed by atoms with Gasteiger partial charge in [0.25, 0.3) is 5.91 Å². The summed E-state index contributed by atoms with van der Waals surface area (Å²) in [4.78, 5) is 14.6. The lowest BCUT2D eigenvalue weighted by Gasteiger charge is -2.46. The normalized spacial score (nSPS) is 22.3. The molecule has 1 saturated heterocycles. The van der Waals surface area contributed by atoms with Crippen molar-refractivity contribution in [2.45, 2.75) is 51.6 Å². The van der Waals surface area contributed by atoms with Gasteiger partial charge >= 0.3 is 0 Å². The van der Waals surface area contributed by atoms with Crippen LogP contribution in [0.3, 0.4) is 0 Å². The molecule has 1 aliphatic rings. The molecule has 3 nitrogen and oxygen atoms in total.